The minimum absolute atomic E-state index is 0.664. The van der Waals surface area contributed by atoms with Crippen molar-refractivity contribution in [2.45, 2.75) is 13.0 Å². The zero-order chi connectivity index (χ0) is 14.2. The van der Waals surface area contributed by atoms with Crippen LogP contribution in [0.25, 0.3) is 0 Å². The van der Waals surface area contributed by atoms with Crippen molar-refractivity contribution in [3.8, 4) is 0 Å². The molecule has 0 fully saturated rings. The molecule has 1 aromatic heterocycles. The molecule has 0 radical (unpaired) electrons. The first-order valence-corrected chi connectivity index (χ1v) is 6.83. The second-order valence-corrected chi connectivity index (χ2v) is 4.75. The van der Waals surface area contributed by atoms with Gasteiger partial charge in [-0.1, -0.05) is 23.7 Å². The van der Waals surface area contributed by atoms with E-state index in [0.717, 1.165) is 29.6 Å². The van der Waals surface area contributed by atoms with E-state index in [2.05, 4.69) is 31.9 Å². The van der Waals surface area contributed by atoms with E-state index in [0.29, 0.717) is 6.54 Å². The Morgan fingerprint density at radius 1 is 1.35 bits per heavy atom. The van der Waals surface area contributed by atoms with Gasteiger partial charge in [-0.3, -0.25) is 10.1 Å². The number of nitrogens with one attached hydrogen (secondary N) is 3. The summed E-state index contributed by atoms with van der Waals surface area (Å²) in [4.78, 5) is 4.17. The molecule has 0 saturated heterocycles. The highest BCUT2D eigenvalue weighted by molar-refractivity contribution is 6.30. The fourth-order valence-corrected chi connectivity index (χ4v) is 2.01. The van der Waals surface area contributed by atoms with E-state index < -0.39 is 0 Å². The summed E-state index contributed by atoms with van der Waals surface area (Å²) in [6.45, 7) is 1.46. The van der Waals surface area contributed by atoms with E-state index >= 15 is 0 Å². The zero-order valence-corrected chi connectivity index (χ0v) is 12.1. The summed E-state index contributed by atoms with van der Waals surface area (Å²) in [5.74, 6) is 0.765. The topological polar surface area (TPSA) is 65.1 Å². The van der Waals surface area contributed by atoms with Gasteiger partial charge in [-0.2, -0.15) is 5.10 Å². The van der Waals surface area contributed by atoms with E-state index in [1.807, 2.05) is 24.3 Å². The molecule has 0 aliphatic carbocycles. The van der Waals surface area contributed by atoms with Gasteiger partial charge in [0.25, 0.3) is 0 Å². The Kier molecular flexibility index (Phi) is 5.43. The van der Waals surface area contributed by atoms with Gasteiger partial charge in [0.05, 0.1) is 12.2 Å². The van der Waals surface area contributed by atoms with Crippen molar-refractivity contribution in [3.63, 3.8) is 0 Å². The largest absolute Gasteiger partial charge is 0.356 e. The predicted molar refractivity (Wildman–Crippen MR) is 81.9 cm³/mol. The van der Waals surface area contributed by atoms with Crippen LogP contribution >= 0.6 is 11.6 Å². The van der Waals surface area contributed by atoms with Crippen molar-refractivity contribution in [1.29, 1.82) is 0 Å². The van der Waals surface area contributed by atoms with Crippen molar-refractivity contribution >= 4 is 17.6 Å². The molecule has 0 bridgehead atoms. The standard InChI is InChI=1S/C14H18ClN5/c1-16-14(18-10-13-6-8-19-20-13)17-7-5-11-3-2-4-12(15)9-11/h2-4,6,8-9H,5,7,10H2,1H3,(H,19,20)(H2,16,17,18). The van der Waals surface area contributed by atoms with Crippen molar-refractivity contribution in [2.75, 3.05) is 13.6 Å². The quantitative estimate of drug-likeness (QED) is 0.583. The maximum Gasteiger partial charge on any atom is 0.191 e. The Balaban J connectivity index is 1.74. The summed E-state index contributed by atoms with van der Waals surface area (Å²) >= 11 is 5.95. The molecule has 0 aliphatic heterocycles. The summed E-state index contributed by atoms with van der Waals surface area (Å²) in [6, 6.07) is 9.80. The SMILES string of the molecule is CN=C(NCCc1cccc(Cl)c1)NCc1ccn[nH]1. The number of aromatic nitrogens is 2. The Morgan fingerprint density at radius 2 is 2.25 bits per heavy atom. The highest BCUT2D eigenvalue weighted by Crippen LogP contribution is 2.10. The van der Waals surface area contributed by atoms with E-state index in [-0.39, 0.29) is 0 Å². The van der Waals surface area contributed by atoms with Crippen LogP contribution in [0.1, 0.15) is 11.3 Å². The number of rotatable bonds is 5. The molecule has 1 aromatic carbocycles. The maximum absolute atomic E-state index is 5.95. The minimum atomic E-state index is 0.664. The van der Waals surface area contributed by atoms with Crippen molar-refractivity contribution in [2.24, 2.45) is 4.99 Å². The van der Waals surface area contributed by atoms with Crippen LogP contribution in [0.15, 0.2) is 41.5 Å². The third-order valence-corrected chi connectivity index (χ3v) is 3.06. The lowest BCUT2D eigenvalue weighted by atomic mass is 10.1. The molecule has 0 saturated carbocycles. The third-order valence-electron chi connectivity index (χ3n) is 2.82. The van der Waals surface area contributed by atoms with Gasteiger partial charge in [0.15, 0.2) is 5.96 Å². The molecule has 106 valence electrons. The summed E-state index contributed by atoms with van der Waals surface area (Å²) < 4.78 is 0. The predicted octanol–water partition coefficient (Wildman–Crippen LogP) is 1.97. The second-order valence-electron chi connectivity index (χ2n) is 4.31. The first-order chi connectivity index (χ1) is 9.78. The number of halogens is 1. The molecular weight excluding hydrogens is 274 g/mol. The fraction of sp³-hybridized carbons (Fsp3) is 0.286. The third kappa shape index (κ3) is 4.59. The molecule has 0 amide bonds. The first-order valence-electron chi connectivity index (χ1n) is 6.45. The van der Waals surface area contributed by atoms with Gasteiger partial charge in [0, 0.05) is 24.8 Å². The van der Waals surface area contributed by atoms with Crippen molar-refractivity contribution in [1.82, 2.24) is 20.8 Å². The van der Waals surface area contributed by atoms with Gasteiger partial charge in [-0.15, -0.1) is 0 Å². The van der Waals surface area contributed by atoms with Crippen LogP contribution in [0.2, 0.25) is 5.02 Å². The van der Waals surface area contributed by atoms with Gasteiger partial charge in [-0.05, 0) is 30.2 Å². The number of nitrogens with zero attached hydrogens (tertiary/aromatic N) is 2. The van der Waals surface area contributed by atoms with E-state index in [9.17, 15) is 0 Å². The van der Waals surface area contributed by atoms with Gasteiger partial charge < -0.3 is 10.6 Å². The second kappa shape index (κ2) is 7.55. The molecule has 3 N–H and O–H groups in total. The van der Waals surface area contributed by atoms with Crippen LogP contribution in [-0.2, 0) is 13.0 Å². The summed E-state index contributed by atoms with van der Waals surface area (Å²) in [5.41, 5.74) is 2.22. The van der Waals surface area contributed by atoms with Crippen molar-refractivity contribution < 1.29 is 0 Å². The van der Waals surface area contributed by atoms with Gasteiger partial charge in [0.1, 0.15) is 0 Å². The Hall–Kier alpha value is -2.01. The van der Waals surface area contributed by atoms with E-state index in [1.54, 1.807) is 13.2 Å². The van der Waals surface area contributed by atoms with Gasteiger partial charge in [-0.25, -0.2) is 0 Å². The van der Waals surface area contributed by atoms with Gasteiger partial charge in [0.2, 0.25) is 0 Å². The van der Waals surface area contributed by atoms with Crippen LogP contribution < -0.4 is 10.6 Å². The van der Waals surface area contributed by atoms with Crippen LogP contribution in [0.3, 0.4) is 0 Å². The van der Waals surface area contributed by atoms with Crippen LogP contribution in [0, 0.1) is 0 Å². The lowest BCUT2D eigenvalue weighted by molar-refractivity contribution is 0.780. The smallest absolute Gasteiger partial charge is 0.191 e. The lowest BCUT2D eigenvalue weighted by Gasteiger charge is -2.11. The average molecular weight is 292 g/mol. The molecule has 2 aromatic rings. The fourth-order valence-electron chi connectivity index (χ4n) is 1.80. The monoisotopic (exact) mass is 291 g/mol. The normalized spacial score (nSPS) is 11.4. The summed E-state index contributed by atoms with van der Waals surface area (Å²) in [7, 11) is 1.75. The highest BCUT2D eigenvalue weighted by Gasteiger charge is 1.99. The summed E-state index contributed by atoms with van der Waals surface area (Å²) in [5, 5.41) is 14.0. The van der Waals surface area contributed by atoms with E-state index in [4.69, 9.17) is 11.6 Å². The maximum atomic E-state index is 5.95. The summed E-state index contributed by atoms with van der Waals surface area (Å²) in [6.07, 6.45) is 2.62. The highest BCUT2D eigenvalue weighted by atomic mass is 35.5. The molecule has 20 heavy (non-hydrogen) atoms. The molecular formula is C14H18ClN5. The molecule has 6 heteroatoms. The zero-order valence-electron chi connectivity index (χ0n) is 11.4. The number of benzene rings is 1. The molecule has 0 spiro atoms. The van der Waals surface area contributed by atoms with Crippen LogP contribution in [-0.4, -0.2) is 29.7 Å². The average Bonchev–Trinajstić information content (AvgIpc) is 2.96. The molecule has 0 aliphatic rings. The number of aromatic amines is 1. The van der Waals surface area contributed by atoms with Crippen molar-refractivity contribution in [3.05, 3.63) is 52.8 Å². The van der Waals surface area contributed by atoms with Crippen LogP contribution in [0.4, 0.5) is 0 Å². The Labute approximate surface area is 123 Å². The van der Waals surface area contributed by atoms with Crippen LogP contribution in [0.5, 0.6) is 0 Å². The molecule has 0 atom stereocenters. The number of guanidine groups is 1. The number of H-pyrrole nitrogens is 1. The number of hydrogen-bond acceptors (Lipinski definition) is 2. The van der Waals surface area contributed by atoms with Gasteiger partial charge >= 0.3 is 0 Å². The lowest BCUT2D eigenvalue weighted by Crippen LogP contribution is -2.37. The minimum Gasteiger partial charge on any atom is -0.356 e. The molecule has 0 unspecified atom stereocenters. The number of aliphatic imine (C=N–C) groups is 1. The Morgan fingerprint density at radius 3 is 2.95 bits per heavy atom. The van der Waals surface area contributed by atoms with E-state index in [1.165, 1.54) is 5.56 Å². The molecule has 2 rings (SSSR count). The first kappa shape index (κ1) is 14.4. The molecule has 5 nitrogen and oxygen atoms in total. The Bertz CT molecular complexity index is 550. The molecule has 1 heterocycles. The number of hydrogen-bond donors (Lipinski definition) is 3.